The lowest BCUT2D eigenvalue weighted by atomic mass is 10.2. The molecule has 0 unspecified atom stereocenters. The van der Waals surface area contributed by atoms with E-state index in [1.807, 2.05) is 0 Å². The zero-order valence-corrected chi connectivity index (χ0v) is 12.1. The van der Waals surface area contributed by atoms with Crippen LogP contribution in [0.15, 0.2) is 47.5 Å². The van der Waals surface area contributed by atoms with E-state index in [-0.39, 0.29) is 12.5 Å². The number of hydrogen-bond donors (Lipinski definition) is 1. The van der Waals surface area contributed by atoms with Gasteiger partial charge in [-0.15, -0.1) is 0 Å². The summed E-state index contributed by atoms with van der Waals surface area (Å²) in [6, 6.07) is 8.06. The lowest BCUT2D eigenvalue weighted by molar-refractivity contribution is -0.386. The molecule has 0 radical (unpaired) electrons. The summed E-state index contributed by atoms with van der Waals surface area (Å²) in [5, 5.41) is 14.0. The van der Waals surface area contributed by atoms with Gasteiger partial charge < -0.3 is 9.88 Å². The molecule has 0 fully saturated rings. The Labute approximate surface area is 130 Å². The highest BCUT2D eigenvalue weighted by Crippen LogP contribution is 2.09. The van der Waals surface area contributed by atoms with Crippen molar-refractivity contribution in [2.24, 2.45) is 0 Å². The molecule has 114 valence electrons. The number of carbonyl (C=O) groups excluding carboxylic acids is 1. The number of carbonyl (C=O) groups is 1. The Hall–Kier alpha value is -2.67. The molecule has 8 heteroatoms. The van der Waals surface area contributed by atoms with Crippen LogP contribution in [0.1, 0.15) is 5.56 Å². The van der Waals surface area contributed by atoms with Crippen molar-refractivity contribution in [2.45, 2.75) is 13.1 Å². The number of halogens is 1. The molecule has 1 N–H and O–H groups in total. The molecule has 2 rings (SSSR count). The number of hydrogen-bond acceptors (Lipinski definition) is 4. The molecular weight excluding hydrogens is 310 g/mol. The fraction of sp³-hybridized carbons (Fsp3) is 0.143. The molecule has 1 aromatic heterocycles. The summed E-state index contributed by atoms with van der Waals surface area (Å²) in [5.74, 6) is -0.326. The Balaban J connectivity index is 1.97. The van der Waals surface area contributed by atoms with Crippen molar-refractivity contribution in [1.82, 2.24) is 9.88 Å². The third kappa shape index (κ3) is 4.16. The van der Waals surface area contributed by atoms with Crippen molar-refractivity contribution in [3.05, 3.63) is 73.6 Å². The first kappa shape index (κ1) is 15.7. The van der Waals surface area contributed by atoms with E-state index in [9.17, 15) is 19.7 Å². The average Bonchev–Trinajstić information content (AvgIpc) is 2.48. The summed E-state index contributed by atoms with van der Waals surface area (Å²) in [4.78, 5) is 33.0. The number of nitro groups is 1. The van der Waals surface area contributed by atoms with E-state index >= 15 is 0 Å². The van der Waals surface area contributed by atoms with E-state index in [2.05, 4.69) is 5.32 Å². The molecule has 7 nitrogen and oxygen atoms in total. The van der Waals surface area contributed by atoms with E-state index in [1.54, 1.807) is 24.3 Å². The second-order valence-electron chi connectivity index (χ2n) is 4.53. The van der Waals surface area contributed by atoms with Gasteiger partial charge in [0.2, 0.25) is 5.91 Å². The van der Waals surface area contributed by atoms with Crippen LogP contribution in [-0.2, 0) is 17.9 Å². The van der Waals surface area contributed by atoms with Crippen molar-refractivity contribution in [1.29, 1.82) is 0 Å². The molecule has 1 aromatic carbocycles. The number of nitrogens with zero attached hydrogens (tertiary/aromatic N) is 2. The summed E-state index contributed by atoms with van der Waals surface area (Å²) in [5.41, 5.74) is -0.375. The van der Waals surface area contributed by atoms with Crippen molar-refractivity contribution in [3.8, 4) is 0 Å². The van der Waals surface area contributed by atoms with E-state index in [0.717, 1.165) is 17.8 Å². The summed E-state index contributed by atoms with van der Waals surface area (Å²) in [7, 11) is 0. The van der Waals surface area contributed by atoms with Gasteiger partial charge in [0.25, 0.3) is 5.43 Å². The number of rotatable bonds is 5. The lowest BCUT2D eigenvalue weighted by Crippen LogP contribution is -2.27. The summed E-state index contributed by atoms with van der Waals surface area (Å²) in [6.07, 6.45) is 2.38. The summed E-state index contributed by atoms with van der Waals surface area (Å²) in [6.45, 7) is 0.201. The van der Waals surface area contributed by atoms with Gasteiger partial charge in [0.05, 0.1) is 11.1 Å². The largest absolute Gasteiger partial charge is 0.350 e. The Kier molecular flexibility index (Phi) is 4.90. The predicted molar refractivity (Wildman–Crippen MR) is 80.7 cm³/mol. The molecule has 0 aliphatic heterocycles. The standard InChI is InChI=1S/C14H12ClN3O4/c15-11-3-1-10(2-4-11)7-16-14(20)9-17-6-5-13(19)12(8-17)18(21)22/h1-6,8H,7,9H2,(H,16,20). The van der Waals surface area contributed by atoms with Crippen LogP contribution in [0.25, 0.3) is 0 Å². The first-order valence-corrected chi connectivity index (χ1v) is 6.69. The average molecular weight is 322 g/mol. The minimum Gasteiger partial charge on any atom is -0.350 e. The van der Waals surface area contributed by atoms with Crippen LogP contribution in [0.2, 0.25) is 5.02 Å². The van der Waals surface area contributed by atoms with Gasteiger partial charge in [-0.05, 0) is 17.7 Å². The van der Waals surface area contributed by atoms with Crippen LogP contribution < -0.4 is 10.7 Å². The summed E-state index contributed by atoms with van der Waals surface area (Å²) >= 11 is 5.76. The van der Waals surface area contributed by atoms with Crippen LogP contribution in [0.4, 0.5) is 5.69 Å². The maximum atomic E-state index is 11.8. The van der Waals surface area contributed by atoms with Crippen molar-refractivity contribution < 1.29 is 9.72 Å². The number of amides is 1. The summed E-state index contributed by atoms with van der Waals surface area (Å²) < 4.78 is 1.29. The van der Waals surface area contributed by atoms with Gasteiger partial charge in [-0.1, -0.05) is 23.7 Å². The Morgan fingerprint density at radius 1 is 1.27 bits per heavy atom. The SMILES string of the molecule is O=C(Cn1ccc(=O)c([N+](=O)[O-])c1)NCc1ccc(Cl)cc1. The van der Waals surface area contributed by atoms with Gasteiger partial charge in [0, 0.05) is 23.8 Å². The van der Waals surface area contributed by atoms with Crippen LogP contribution in [0.3, 0.4) is 0 Å². The fourth-order valence-electron chi connectivity index (χ4n) is 1.77. The molecule has 22 heavy (non-hydrogen) atoms. The van der Waals surface area contributed by atoms with E-state index in [1.165, 1.54) is 10.8 Å². The molecule has 0 atom stereocenters. The first-order chi connectivity index (χ1) is 10.5. The van der Waals surface area contributed by atoms with Crippen LogP contribution in [-0.4, -0.2) is 15.4 Å². The van der Waals surface area contributed by atoms with Gasteiger partial charge in [-0.2, -0.15) is 0 Å². The number of pyridine rings is 1. The fourth-order valence-corrected chi connectivity index (χ4v) is 1.90. The Bertz CT molecular complexity index is 755. The molecule has 0 saturated heterocycles. The van der Waals surface area contributed by atoms with E-state index in [0.29, 0.717) is 11.6 Å². The molecule has 2 aromatic rings. The normalized spacial score (nSPS) is 10.2. The van der Waals surface area contributed by atoms with Crippen LogP contribution in [0, 0.1) is 10.1 Å². The second kappa shape index (κ2) is 6.86. The van der Waals surface area contributed by atoms with Crippen molar-refractivity contribution in [2.75, 3.05) is 0 Å². The number of aromatic nitrogens is 1. The minimum atomic E-state index is -0.773. The van der Waals surface area contributed by atoms with Gasteiger partial charge in [0.1, 0.15) is 6.54 Å². The number of benzene rings is 1. The zero-order valence-electron chi connectivity index (χ0n) is 11.4. The lowest BCUT2D eigenvalue weighted by Gasteiger charge is -2.08. The highest BCUT2D eigenvalue weighted by Gasteiger charge is 2.12. The van der Waals surface area contributed by atoms with Crippen molar-refractivity contribution >= 4 is 23.2 Å². The highest BCUT2D eigenvalue weighted by molar-refractivity contribution is 6.30. The molecule has 1 amide bonds. The zero-order chi connectivity index (χ0) is 16.1. The third-order valence-electron chi connectivity index (χ3n) is 2.88. The van der Waals surface area contributed by atoms with E-state index < -0.39 is 16.0 Å². The molecule has 0 saturated carbocycles. The van der Waals surface area contributed by atoms with Gasteiger partial charge in [-0.25, -0.2) is 0 Å². The quantitative estimate of drug-likeness (QED) is 0.670. The molecule has 0 aliphatic carbocycles. The first-order valence-electron chi connectivity index (χ1n) is 6.31. The molecule has 1 heterocycles. The molecule has 0 spiro atoms. The second-order valence-corrected chi connectivity index (χ2v) is 4.96. The van der Waals surface area contributed by atoms with E-state index in [4.69, 9.17) is 11.6 Å². The minimum absolute atomic E-state index is 0.116. The highest BCUT2D eigenvalue weighted by atomic mass is 35.5. The maximum Gasteiger partial charge on any atom is 0.332 e. The number of nitrogens with one attached hydrogen (secondary N) is 1. The smallest absolute Gasteiger partial charge is 0.332 e. The van der Waals surface area contributed by atoms with Crippen LogP contribution in [0.5, 0.6) is 0 Å². The molecule has 0 aliphatic rings. The van der Waals surface area contributed by atoms with Gasteiger partial charge in [-0.3, -0.25) is 19.7 Å². The van der Waals surface area contributed by atoms with Crippen molar-refractivity contribution in [3.63, 3.8) is 0 Å². The Morgan fingerprint density at radius 3 is 2.59 bits per heavy atom. The molecule has 0 bridgehead atoms. The maximum absolute atomic E-state index is 11.8. The van der Waals surface area contributed by atoms with Gasteiger partial charge >= 0.3 is 5.69 Å². The third-order valence-corrected chi connectivity index (χ3v) is 3.14. The topological polar surface area (TPSA) is 94.2 Å². The molecular formula is C14H12ClN3O4. The van der Waals surface area contributed by atoms with Crippen LogP contribution >= 0.6 is 11.6 Å². The Morgan fingerprint density at radius 2 is 1.95 bits per heavy atom. The van der Waals surface area contributed by atoms with Gasteiger partial charge in [0.15, 0.2) is 0 Å². The predicted octanol–water partition coefficient (Wildman–Crippen LogP) is 1.73. The monoisotopic (exact) mass is 321 g/mol.